The Morgan fingerprint density at radius 3 is 2.58 bits per heavy atom. The monoisotopic (exact) mass is 323 g/mol. The Kier molecular flexibility index (Phi) is 4.20. The number of carbonyl (C=O) groups excluding carboxylic acids is 2. The van der Waals surface area contributed by atoms with Crippen molar-refractivity contribution in [2.75, 3.05) is 6.54 Å². The molecular formula is C21H25NO2. The smallest absolute Gasteiger partial charge is 0.243 e. The van der Waals surface area contributed by atoms with Crippen molar-refractivity contribution >= 4 is 17.8 Å². The molecule has 3 rings (SSSR count). The van der Waals surface area contributed by atoms with E-state index in [2.05, 4.69) is 31.8 Å². The highest BCUT2D eigenvalue weighted by Gasteiger charge is 2.65. The van der Waals surface area contributed by atoms with Gasteiger partial charge >= 0.3 is 0 Å². The first-order valence-electron chi connectivity index (χ1n) is 8.61. The molecular weight excluding hydrogens is 298 g/mol. The summed E-state index contributed by atoms with van der Waals surface area (Å²) in [5, 5.41) is 2.89. The minimum absolute atomic E-state index is 0.0659. The molecule has 1 aromatic rings. The summed E-state index contributed by atoms with van der Waals surface area (Å²) >= 11 is 0. The van der Waals surface area contributed by atoms with Gasteiger partial charge < -0.3 is 5.32 Å². The summed E-state index contributed by atoms with van der Waals surface area (Å²) in [4.78, 5) is 24.6. The van der Waals surface area contributed by atoms with Crippen LogP contribution in [0.3, 0.4) is 0 Å². The molecule has 3 nitrogen and oxygen atoms in total. The summed E-state index contributed by atoms with van der Waals surface area (Å²) < 4.78 is 0. The fourth-order valence-electron chi connectivity index (χ4n) is 4.76. The Bertz CT molecular complexity index is 702. The average Bonchev–Trinajstić information content (AvgIpc) is 2.94. The molecule has 0 aromatic heterocycles. The highest BCUT2D eigenvalue weighted by Crippen LogP contribution is 2.66. The van der Waals surface area contributed by atoms with E-state index in [0.29, 0.717) is 24.7 Å². The summed E-state index contributed by atoms with van der Waals surface area (Å²) in [6, 6.07) is 10.0. The number of carbonyl (C=O) groups is 2. The number of nitrogens with one attached hydrogen (secondary N) is 1. The number of Topliss-reactive ketones (excluding diaryl/α,β-unsaturated/α-hetero) is 1. The van der Waals surface area contributed by atoms with Crippen LogP contribution in [0.4, 0.5) is 0 Å². The maximum atomic E-state index is 12.9. The third-order valence-corrected chi connectivity index (χ3v) is 6.22. The molecule has 0 aliphatic heterocycles. The third-order valence-electron chi connectivity index (χ3n) is 6.22. The van der Waals surface area contributed by atoms with E-state index in [9.17, 15) is 9.59 Å². The highest BCUT2D eigenvalue weighted by molar-refractivity contribution is 5.94. The van der Waals surface area contributed by atoms with Crippen LogP contribution >= 0.6 is 0 Å². The van der Waals surface area contributed by atoms with Crippen LogP contribution in [0.15, 0.2) is 48.6 Å². The van der Waals surface area contributed by atoms with Crippen LogP contribution in [0, 0.1) is 16.7 Å². The molecule has 2 aliphatic rings. The number of benzene rings is 1. The van der Waals surface area contributed by atoms with Gasteiger partial charge in [0.25, 0.3) is 0 Å². The van der Waals surface area contributed by atoms with Crippen molar-refractivity contribution in [3.05, 3.63) is 54.1 Å². The van der Waals surface area contributed by atoms with Crippen LogP contribution in [0.2, 0.25) is 0 Å². The summed E-state index contributed by atoms with van der Waals surface area (Å²) in [6.07, 6.45) is 5.99. The molecule has 2 bridgehead atoms. The molecule has 2 saturated carbocycles. The van der Waals surface area contributed by atoms with Crippen molar-refractivity contribution in [3.63, 3.8) is 0 Å². The van der Waals surface area contributed by atoms with Gasteiger partial charge in [-0.3, -0.25) is 9.59 Å². The van der Waals surface area contributed by atoms with Crippen LogP contribution in [0.25, 0.3) is 6.08 Å². The van der Waals surface area contributed by atoms with Crippen LogP contribution in [0.5, 0.6) is 0 Å². The zero-order valence-corrected chi connectivity index (χ0v) is 14.5. The van der Waals surface area contributed by atoms with Gasteiger partial charge in [0.2, 0.25) is 5.91 Å². The lowest BCUT2D eigenvalue weighted by atomic mass is 9.64. The van der Waals surface area contributed by atoms with E-state index in [-0.39, 0.29) is 11.3 Å². The molecule has 0 saturated heterocycles. The highest BCUT2D eigenvalue weighted by atomic mass is 16.1. The lowest BCUT2D eigenvalue weighted by Crippen LogP contribution is -2.41. The molecule has 2 unspecified atom stereocenters. The van der Waals surface area contributed by atoms with Gasteiger partial charge in [0.1, 0.15) is 5.78 Å². The lowest BCUT2D eigenvalue weighted by Gasteiger charge is -2.39. The number of rotatable bonds is 5. The van der Waals surface area contributed by atoms with Gasteiger partial charge in [-0.1, -0.05) is 56.8 Å². The van der Waals surface area contributed by atoms with Gasteiger partial charge in [-0.2, -0.15) is 0 Å². The van der Waals surface area contributed by atoms with E-state index in [4.69, 9.17) is 0 Å². The molecule has 1 amide bonds. The van der Waals surface area contributed by atoms with Crippen molar-refractivity contribution < 1.29 is 9.59 Å². The molecule has 0 spiro atoms. The summed E-state index contributed by atoms with van der Waals surface area (Å²) in [5.74, 6) is 0.571. The number of fused-ring (bicyclic) bond motifs is 2. The SMILES string of the molecule is C=CC(=O)NCC(=Cc1ccccc1)C12CCC(CC1=O)C2(C)C. The van der Waals surface area contributed by atoms with Gasteiger partial charge in [0, 0.05) is 13.0 Å². The maximum Gasteiger partial charge on any atom is 0.243 e. The van der Waals surface area contributed by atoms with E-state index in [1.54, 1.807) is 0 Å². The van der Waals surface area contributed by atoms with Crippen molar-refractivity contribution in [2.24, 2.45) is 16.7 Å². The molecule has 0 radical (unpaired) electrons. The van der Waals surface area contributed by atoms with E-state index in [0.717, 1.165) is 24.0 Å². The Hall–Kier alpha value is -2.16. The first-order chi connectivity index (χ1) is 11.4. The Morgan fingerprint density at radius 2 is 2.04 bits per heavy atom. The first kappa shape index (κ1) is 16.7. The molecule has 2 aliphatic carbocycles. The Morgan fingerprint density at radius 1 is 1.33 bits per heavy atom. The Balaban J connectivity index is 2.04. The second-order valence-electron chi connectivity index (χ2n) is 7.49. The van der Waals surface area contributed by atoms with Gasteiger partial charge in [0.05, 0.1) is 5.41 Å². The Labute approximate surface area is 143 Å². The normalized spacial score (nSPS) is 28.0. The van der Waals surface area contributed by atoms with Crippen molar-refractivity contribution in [2.45, 2.75) is 33.1 Å². The van der Waals surface area contributed by atoms with Crippen LogP contribution in [0.1, 0.15) is 38.7 Å². The zero-order chi connectivity index (χ0) is 17.4. The molecule has 0 heterocycles. The summed E-state index contributed by atoms with van der Waals surface area (Å²) in [5.41, 5.74) is 1.57. The number of amides is 1. The van der Waals surface area contributed by atoms with Crippen molar-refractivity contribution in [1.29, 1.82) is 0 Å². The van der Waals surface area contributed by atoms with Crippen LogP contribution < -0.4 is 5.32 Å². The lowest BCUT2D eigenvalue weighted by molar-refractivity contribution is -0.127. The second kappa shape index (κ2) is 6.04. The van der Waals surface area contributed by atoms with Crippen LogP contribution in [-0.2, 0) is 9.59 Å². The molecule has 24 heavy (non-hydrogen) atoms. The van der Waals surface area contributed by atoms with E-state index in [1.165, 1.54) is 6.08 Å². The molecule has 2 atom stereocenters. The summed E-state index contributed by atoms with van der Waals surface area (Å²) in [7, 11) is 0. The third kappa shape index (κ3) is 2.43. The quantitative estimate of drug-likeness (QED) is 0.839. The predicted molar refractivity (Wildman–Crippen MR) is 96.2 cm³/mol. The van der Waals surface area contributed by atoms with Crippen LogP contribution in [-0.4, -0.2) is 18.2 Å². The molecule has 3 heteroatoms. The fourth-order valence-corrected chi connectivity index (χ4v) is 4.76. The average molecular weight is 323 g/mol. The number of ketones is 1. The zero-order valence-electron chi connectivity index (χ0n) is 14.5. The van der Waals surface area contributed by atoms with Gasteiger partial charge in [-0.25, -0.2) is 0 Å². The van der Waals surface area contributed by atoms with Gasteiger partial charge in [-0.05, 0) is 41.4 Å². The topological polar surface area (TPSA) is 46.2 Å². The molecule has 1 N–H and O–H groups in total. The number of hydrogen-bond donors (Lipinski definition) is 1. The van der Waals surface area contributed by atoms with E-state index < -0.39 is 5.41 Å². The minimum atomic E-state index is -0.456. The van der Waals surface area contributed by atoms with E-state index >= 15 is 0 Å². The largest absolute Gasteiger partial charge is 0.349 e. The first-order valence-corrected chi connectivity index (χ1v) is 8.61. The minimum Gasteiger partial charge on any atom is -0.349 e. The van der Waals surface area contributed by atoms with Gasteiger partial charge in [0.15, 0.2) is 0 Å². The van der Waals surface area contributed by atoms with Gasteiger partial charge in [-0.15, -0.1) is 0 Å². The predicted octanol–water partition coefficient (Wildman–Crippen LogP) is 3.77. The van der Waals surface area contributed by atoms with Crippen molar-refractivity contribution in [1.82, 2.24) is 5.32 Å². The number of hydrogen-bond acceptors (Lipinski definition) is 2. The molecule has 1 aromatic carbocycles. The standard InChI is InChI=1S/C21H25NO2/c1-4-19(24)22-14-17(12-15-8-6-5-7-9-15)21-11-10-16(13-18(21)23)20(21,2)3/h4-9,12,16H,1,10-11,13-14H2,2-3H3,(H,22,24). The summed E-state index contributed by atoms with van der Waals surface area (Å²) in [6.45, 7) is 8.33. The maximum absolute atomic E-state index is 12.9. The molecule has 126 valence electrons. The van der Waals surface area contributed by atoms with Crippen molar-refractivity contribution in [3.8, 4) is 0 Å². The van der Waals surface area contributed by atoms with E-state index in [1.807, 2.05) is 30.3 Å². The molecule has 2 fully saturated rings. The second-order valence-corrected chi connectivity index (χ2v) is 7.49. The fraction of sp³-hybridized carbons (Fsp3) is 0.429.